The molecule has 166 valence electrons. The first-order chi connectivity index (χ1) is 15.4. The Morgan fingerprint density at radius 3 is 2.56 bits per heavy atom. The van der Waals surface area contributed by atoms with Crippen molar-refractivity contribution in [3.63, 3.8) is 0 Å². The van der Waals surface area contributed by atoms with Crippen LogP contribution in [0.3, 0.4) is 0 Å². The van der Waals surface area contributed by atoms with Gasteiger partial charge in [-0.25, -0.2) is 8.42 Å². The number of amides is 1. The molecule has 9 heteroatoms. The van der Waals surface area contributed by atoms with E-state index in [9.17, 15) is 13.2 Å². The molecule has 8 nitrogen and oxygen atoms in total. The molecule has 3 aromatic rings. The second kappa shape index (κ2) is 8.05. The lowest BCUT2D eigenvalue weighted by Gasteiger charge is -2.16. The summed E-state index contributed by atoms with van der Waals surface area (Å²) in [6.45, 7) is 1.35. The molecule has 0 spiro atoms. The lowest BCUT2D eigenvalue weighted by atomic mass is 10.1. The molecule has 0 aliphatic carbocycles. The maximum absolute atomic E-state index is 12.8. The average Bonchev–Trinajstić information content (AvgIpc) is 3.31. The van der Waals surface area contributed by atoms with E-state index >= 15 is 0 Å². The quantitative estimate of drug-likeness (QED) is 0.657. The molecule has 1 amide bonds. The standard InChI is InChI=1S/C23H25N5O3S/c1-32(30,31)28-14-12-17-15-18(8-11-20(17)28)23(29)24-19-9-6-16(7-10-19)22-26-25-21-5-3-2-4-13-27(21)22/h6-11,15H,2-5,12-14H2,1H3,(H,24,29). The largest absolute Gasteiger partial charge is 0.322 e. The van der Waals surface area contributed by atoms with Crippen LogP contribution in [-0.4, -0.2) is 41.9 Å². The Balaban J connectivity index is 1.32. The lowest BCUT2D eigenvalue weighted by molar-refractivity contribution is 0.102. The number of carbonyl (C=O) groups excluding carboxylic acids is 1. The van der Waals surface area contributed by atoms with Gasteiger partial charge in [0.25, 0.3) is 5.91 Å². The van der Waals surface area contributed by atoms with Crippen LogP contribution in [0.2, 0.25) is 0 Å². The topological polar surface area (TPSA) is 97.2 Å². The van der Waals surface area contributed by atoms with E-state index in [1.54, 1.807) is 18.2 Å². The molecular formula is C23H25N5O3S. The monoisotopic (exact) mass is 451 g/mol. The van der Waals surface area contributed by atoms with Gasteiger partial charge in [0, 0.05) is 36.3 Å². The highest BCUT2D eigenvalue weighted by atomic mass is 32.2. The number of nitrogens with zero attached hydrogens (tertiary/aromatic N) is 4. The number of benzene rings is 2. The van der Waals surface area contributed by atoms with E-state index in [0.717, 1.165) is 48.6 Å². The van der Waals surface area contributed by atoms with E-state index in [-0.39, 0.29) is 5.91 Å². The van der Waals surface area contributed by atoms with Crippen molar-refractivity contribution in [3.05, 3.63) is 59.4 Å². The summed E-state index contributed by atoms with van der Waals surface area (Å²) in [6.07, 6.45) is 6.25. The number of sulfonamides is 1. The van der Waals surface area contributed by atoms with E-state index in [1.807, 2.05) is 24.3 Å². The van der Waals surface area contributed by atoms with E-state index in [0.29, 0.717) is 29.9 Å². The average molecular weight is 452 g/mol. The van der Waals surface area contributed by atoms with Crippen molar-refractivity contribution in [1.29, 1.82) is 0 Å². The van der Waals surface area contributed by atoms with Gasteiger partial charge in [0.15, 0.2) is 5.82 Å². The molecule has 0 atom stereocenters. The van der Waals surface area contributed by atoms with Crippen LogP contribution in [0.15, 0.2) is 42.5 Å². The maximum atomic E-state index is 12.8. The molecule has 0 saturated heterocycles. The van der Waals surface area contributed by atoms with Gasteiger partial charge in [-0.1, -0.05) is 6.42 Å². The number of hydrogen-bond acceptors (Lipinski definition) is 5. The van der Waals surface area contributed by atoms with Crippen LogP contribution in [0.5, 0.6) is 0 Å². The van der Waals surface area contributed by atoms with Gasteiger partial charge >= 0.3 is 0 Å². The van der Waals surface area contributed by atoms with Crippen molar-refractivity contribution in [1.82, 2.24) is 14.8 Å². The zero-order chi connectivity index (χ0) is 22.3. The summed E-state index contributed by atoms with van der Waals surface area (Å²) >= 11 is 0. The van der Waals surface area contributed by atoms with Crippen molar-refractivity contribution in [3.8, 4) is 11.4 Å². The summed E-state index contributed by atoms with van der Waals surface area (Å²) in [6, 6.07) is 12.8. The minimum absolute atomic E-state index is 0.227. The predicted octanol–water partition coefficient (Wildman–Crippen LogP) is 3.25. The minimum Gasteiger partial charge on any atom is -0.322 e. The Labute approximate surface area is 187 Å². The number of fused-ring (bicyclic) bond motifs is 2. The van der Waals surface area contributed by atoms with Gasteiger partial charge in [-0.05, 0) is 67.3 Å². The van der Waals surface area contributed by atoms with Gasteiger partial charge in [-0.3, -0.25) is 9.10 Å². The van der Waals surface area contributed by atoms with E-state index < -0.39 is 10.0 Å². The number of carbonyl (C=O) groups is 1. The molecule has 32 heavy (non-hydrogen) atoms. The van der Waals surface area contributed by atoms with Gasteiger partial charge in [-0.15, -0.1) is 10.2 Å². The highest BCUT2D eigenvalue weighted by Gasteiger charge is 2.26. The van der Waals surface area contributed by atoms with Crippen LogP contribution < -0.4 is 9.62 Å². The fourth-order valence-corrected chi connectivity index (χ4v) is 5.42. The van der Waals surface area contributed by atoms with Crippen molar-refractivity contribution < 1.29 is 13.2 Å². The zero-order valence-corrected chi connectivity index (χ0v) is 18.7. The first-order valence-electron chi connectivity index (χ1n) is 10.8. The molecule has 3 heterocycles. The van der Waals surface area contributed by atoms with E-state index in [1.165, 1.54) is 17.0 Å². The molecule has 1 N–H and O–H groups in total. The first-order valence-corrected chi connectivity index (χ1v) is 12.7. The fourth-order valence-electron chi connectivity index (χ4n) is 4.46. The lowest BCUT2D eigenvalue weighted by Crippen LogP contribution is -2.27. The summed E-state index contributed by atoms with van der Waals surface area (Å²) in [5.41, 5.74) is 3.69. The number of aromatic nitrogens is 3. The van der Waals surface area contributed by atoms with Gasteiger partial charge in [0.1, 0.15) is 5.82 Å². The number of hydrogen-bond donors (Lipinski definition) is 1. The van der Waals surface area contributed by atoms with Crippen molar-refractivity contribution in [2.45, 2.75) is 38.6 Å². The minimum atomic E-state index is -3.31. The Bertz CT molecular complexity index is 1280. The third-order valence-corrected chi connectivity index (χ3v) is 7.29. The molecule has 5 rings (SSSR count). The van der Waals surface area contributed by atoms with E-state index in [2.05, 4.69) is 20.1 Å². The molecule has 0 bridgehead atoms. The Morgan fingerprint density at radius 1 is 0.969 bits per heavy atom. The molecule has 2 aliphatic rings. The second-order valence-electron chi connectivity index (χ2n) is 8.36. The highest BCUT2D eigenvalue weighted by molar-refractivity contribution is 7.92. The molecule has 0 unspecified atom stereocenters. The Hall–Kier alpha value is -3.20. The predicted molar refractivity (Wildman–Crippen MR) is 123 cm³/mol. The fraction of sp³-hybridized carbons (Fsp3) is 0.348. The van der Waals surface area contributed by atoms with Crippen molar-refractivity contribution >= 4 is 27.3 Å². The molecular weight excluding hydrogens is 426 g/mol. The molecule has 1 aromatic heterocycles. The van der Waals surface area contributed by atoms with Gasteiger partial charge < -0.3 is 9.88 Å². The van der Waals surface area contributed by atoms with E-state index in [4.69, 9.17) is 0 Å². The molecule has 0 radical (unpaired) electrons. The molecule has 0 fully saturated rings. The van der Waals surface area contributed by atoms with Gasteiger partial charge in [-0.2, -0.15) is 0 Å². The summed E-state index contributed by atoms with van der Waals surface area (Å²) in [4.78, 5) is 12.8. The van der Waals surface area contributed by atoms with Crippen LogP contribution in [0.25, 0.3) is 11.4 Å². The number of aryl methyl sites for hydroxylation is 1. The Morgan fingerprint density at radius 2 is 1.78 bits per heavy atom. The van der Waals surface area contributed by atoms with Crippen LogP contribution in [0.1, 0.15) is 41.0 Å². The summed E-state index contributed by atoms with van der Waals surface area (Å²) < 4.78 is 27.4. The van der Waals surface area contributed by atoms with Crippen LogP contribution in [0.4, 0.5) is 11.4 Å². The van der Waals surface area contributed by atoms with Crippen molar-refractivity contribution in [2.24, 2.45) is 0 Å². The van der Waals surface area contributed by atoms with Crippen LogP contribution >= 0.6 is 0 Å². The summed E-state index contributed by atoms with van der Waals surface area (Å²) in [5, 5.41) is 11.7. The summed E-state index contributed by atoms with van der Waals surface area (Å²) in [7, 11) is -3.31. The van der Waals surface area contributed by atoms with Gasteiger partial charge in [0.05, 0.1) is 11.9 Å². The molecule has 2 aromatic carbocycles. The maximum Gasteiger partial charge on any atom is 0.255 e. The Kier molecular flexibility index (Phi) is 5.21. The number of rotatable bonds is 4. The number of nitrogens with one attached hydrogen (secondary N) is 1. The molecule has 0 saturated carbocycles. The van der Waals surface area contributed by atoms with Gasteiger partial charge in [0.2, 0.25) is 10.0 Å². The van der Waals surface area contributed by atoms with Crippen LogP contribution in [-0.2, 0) is 29.4 Å². The van der Waals surface area contributed by atoms with Crippen LogP contribution in [0, 0.1) is 0 Å². The third kappa shape index (κ3) is 3.88. The van der Waals surface area contributed by atoms with Crippen molar-refractivity contribution in [2.75, 3.05) is 22.4 Å². The zero-order valence-electron chi connectivity index (χ0n) is 17.9. The molecule has 2 aliphatic heterocycles. The summed E-state index contributed by atoms with van der Waals surface area (Å²) in [5.74, 6) is 1.68. The highest BCUT2D eigenvalue weighted by Crippen LogP contribution is 2.31. The second-order valence-corrected chi connectivity index (χ2v) is 10.3. The third-order valence-electron chi connectivity index (χ3n) is 6.11. The smallest absolute Gasteiger partial charge is 0.255 e. The normalized spacial score (nSPS) is 15.7. The first kappa shape index (κ1) is 20.7. The number of anilines is 2. The SMILES string of the molecule is CS(=O)(=O)N1CCc2cc(C(=O)Nc3ccc(-c4nnc5n4CCCCC5)cc3)ccc21.